The average Bonchev–Trinajstić information content (AvgIpc) is 2.62. The predicted octanol–water partition coefficient (Wildman–Crippen LogP) is 3.49. The summed E-state index contributed by atoms with van der Waals surface area (Å²) in [5, 5.41) is 0. The van der Waals surface area contributed by atoms with E-state index >= 15 is 0 Å². The first-order chi connectivity index (χ1) is 7.81. The maximum absolute atomic E-state index is 2.50. The van der Waals surface area contributed by atoms with Crippen molar-refractivity contribution in [3.05, 3.63) is 53.6 Å². The van der Waals surface area contributed by atoms with Crippen molar-refractivity contribution >= 4 is 5.69 Å². The second kappa shape index (κ2) is 3.51. The number of hydrogen-bond donors (Lipinski definition) is 0. The van der Waals surface area contributed by atoms with E-state index in [1.807, 2.05) is 0 Å². The molecule has 0 radical (unpaired) electrons. The Morgan fingerprint density at radius 3 is 2.88 bits per heavy atom. The Kier molecular flexibility index (Phi) is 2.13. The SMILES string of the molecule is CCN1c2ccccc2C2C=C(C)C=CC21. The van der Waals surface area contributed by atoms with Gasteiger partial charge in [0.05, 0.1) is 6.04 Å². The van der Waals surface area contributed by atoms with Gasteiger partial charge in [0.15, 0.2) is 0 Å². The molecule has 0 N–H and O–H groups in total. The molecule has 2 aliphatic rings. The van der Waals surface area contributed by atoms with Gasteiger partial charge < -0.3 is 4.90 Å². The molecule has 0 saturated carbocycles. The summed E-state index contributed by atoms with van der Waals surface area (Å²) in [7, 11) is 0. The first kappa shape index (κ1) is 9.71. The molecule has 0 fully saturated rings. The van der Waals surface area contributed by atoms with Gasteiger partial charge in [-0.15, -0.1) is 0 Å². The van der Waals surface area contributed by atoms with E-state index in [4.69, 9.17) is 0 Å². The van der Waals surface area contributed by atoms with Gasteiger partial charge in [-0.3, -0.25) is 0 Å². The van der Waals surface area contributed by atoms with E-state index in [1.165, 1.54) is 16.8 Å². The van der Waals surface area contributed by atoms with Gasteiger partial charge in [-0.2, -0.15) is 0 Å². The van der Waals surface area contributed by atoms with Gasteiger partial charge in [0.1, 0.15) is 0 Å². The molecule has 1 aliphatic carbocycles. The molecule has 0 saturated heterocycles. The van der Waals surface area contributed by atoms with Crippen LogP contribution >= 0.6 is 0 Å². The molecule has 2 unspecified atom stereocenters. The minimum Gasteiger partial charge on any atom is -0.364 e. The Morgan fingerprint density at radius 1 is 1.25 bits per heavy atom. The van der Waals surface area contributed by atoms with Crippen molar-refractivity contribution in [2.45, 2.75) is 25.8 Å². The summed E-state index contributed by atoms with van der Waals surface area (Å²) >= 11 is 0. The number of anilines is 1. The Bertz CT molecular complexity index is 470. The van der Waals surface area contributed by atoms with Crippen LogP contribution in [-0.2, 0) is 0 Å². The van der Waals surface area contributed by atoms with Gasteiger partial charge >= 0.3 is 0 Å². The largest absolute Gasteiger partial charge is 0.364 e. The molecule has 0 aromatic heterocycles. The molecule has 1 heteroatoms. The van der Waals surface area contributed by atoms with E-state index in [-0.39, 0.29) is 0 Å². The number of hydrogen-bond acceptors (Lipinski definition) is 1. The van der Waals surface area contributed by atoms with Crippen molar-refractivity contribution in [2.75, 3.05) is 11.4 Å². The van der Waals surface area contributed by atoms with Crippen LogP contribution in [0.5, 0.6) is 0 Å². The van der Waals surface area contributed by atoms with Crippen LogP contribution < -0.4 is 4.90 Å². The van der Waals surface area contributed by atoms with Gasteiger partial charge in [0.2, 0.25) is 0 Å². The van der Waals surface area contributed by atoms with Crippen molar-refractivity contribution in [1.82, 2.24) is 0 Å². The molecule has 1 heterocycles. The molecular formula is C15H17N. The van der Waals surface area contributed by atoms with Gasteiger partial charge in [-0.05, 0) is 25.5 Å². The smallest absolute Gasteiger partial charge is 0.0580 e. The van der Waals surface area contributed by atoms with Crippen LogP contribution in [0.4, 0.5) is 5.69 Å². The normalized spacial score (nSPS) is 26.4. The highest BCUT2D eigenvalue weighted by molar-refractivity contribution is 5.65. The third kappa shape index (κ3) is 1.24. The second-order valence-corrected chi connectivity index (χ2v) is 4.63. The molecule has 0 spiro atoms. The quantitative estimate of drug-likeness (QED) is 0.687. The van der Waals surface area contributed by atoms with E-state index in [0.717, 1.165) is 6.54 Å². The van der Waals surface area contributed by atoms with Crippen molar-refractivity contribution in [2.24, 2.45) is 0 Å². The van der Waals surface area contributed by atoms with E-state index in [1.54, 1.807) is 0 Å². The molecule has 2 atom stereocenters. The van der Waals surface area contributed by atoms with E-state index in [2.05, 4.69) is 61.2 Å². The predicted molar refractivity (Wildman–Crippen MR) is 68.9 cm³/mol. The maximum Gasteiger partial charge on any atom is 0.0580 e. The minimum atomic E-state index is 0.533. The summed E-state index contributed by atoms with van der Waals surface area (Å²) in [6, 6.07) is 9.33. The van der Waals surface area contributed by atoms with Crippen molar-refractivity contribution in [3.8, 4) is 0 Å². The average molecular weight is 211 g/mol. The molecule has 1 aromatic carbocycles. The fraction of sp³-hybridized carbons (Fsp3) is 0.333. The van der Waals surface area contributed by atoms with Crippen LogP contribution in [0.2, 0.25) is 0 Å². The molecule has 1 aliphatic heterocycles. The number of fused-ring (bicyclic) bond motifs is 3. The summed E-state index contributed by atoms with van der Waals surface area (Å²) in [5.74, 6) is 0.557. The maximum atomic E-state index is 2.50. The number of likely N-dealkylation sites (N-methyl/N-ethyl adjacent to an activating group) is 1. The molecular weight excluding hydrogens is 194 g/mol. The zero-order chi connectivity index (χ0) is 11.1. The first-order valence-electron chi connectivity index (χ1n) is 6.03. The molecule has 0 amide bonds. The topological polar surface area (TPSA) is 3.24 Å². The summed E-state index contributed by atoms with van der Waals surface area (Å²) in [5.41, 5.74) is 4.28. The molecule has 82 valence electrons. The lowest BCUT2D eigenvalue weighted by Crippen LogP contribution is -2.32. The molecule has 16 heavy (non-hydrogen) atoms. The van der Waals surface area contributed by atoms with E-state index in [0.29, 0.717) is 12.0 Å². The highest BCUT2D eigenvalue weighted by atomic mass is 15.2. The van der Waals surface area contributed by atoms with Crippen LogP contribution in [-0.4, -0.2) is 12.6 Å². The third-order valence-corrected chi connectivity index (χ3v) is 3.67. The summed E-state index contributed by atoms with van der Waals surface area (Å²) in [4.78, 5) is 2.50. The molecule has 3 rings (SSSR count). The Balaban J connectivity index is 2.13. The third-order valence-electron chi connectivity index (χ3n) is 3.67. The number of benzene rings is 1. The number of rotatable bonds is 1. The van der Waals surface area contributed by atoms with E-state index in [9.17, 15) is 0 Å². The molecule has 1 aromatic rings. The van der Waals surface area contributed by atoms with Crippen LogP contribution in [0.25, 0.3) is 0 Å². The van der Waals surface area contributed by atoms with Crippen LogP contribution in [0.15, 0.2) is 48.1 Å². The first-order valence-corrected chi connectivity index (χ1v) is 6.03. The zero-order valence-electron chi connectivity index (χ0n) is 9.85. The zero-order valence-corrected chi connectivity index (χ0v) is 9.85. The second-order valence-electron chi connectivity index (χ2n) is 4.63. The fourth-order valence-electron chi connectivity index (χ4n) is 2.95. The summed E-state index contributed by atoms with van der Waals surface area (Å²) < 4.78 is 0. The van der Waals surface area contributed by atoms with Crippen LogP contribution in [0, 0.1) is 0 Å². The lowest BCUT2D eigenvalue weighted by Gasteiger charge is -2.27. The fourth-order valence-corrected chi connectivity index (χ4v) is 2.95. The highest BCUT2D eigenvalue weighted by Gasteiger charge is 2.35. The summed E-state index contributed by atoms with van der Waals surface area (Å²) in [6.45, 7) is 5.50. The minimum absolute atomic E-state index is 0.533. The van der Waals surface area contributed by atoms with Gasteiger partial charge in [0, 0.05) is 18.2 Å². The summed E-state index contributed by atoms with van der Waals surface area (Å²) in [6.07, 6.45) is 7.00. The van der Waals surface area contributed by atoms with Crippen molar-refractivity contribution in [1.29, 1.82) is 0 Å². The number of allylic oxidation sites excluding steroid dienone is 2. The van der Waals surface area contributed by atoms with Gasteiger partial charge in [0.25, 0.3) is 0 Å². The lowest BCUT2D eigenvalue weighted by molar-refractivity contribution is 0.684. The van der Waals surface area contributed by atoms with Gasteiger partial charge in [-0.1, -0.05) is 42.0 Å². The Labute approximate surface area is 97.1 Å². The molecule has 0 bridgehead atoms. The number of nitrogens with zero attached hydrogens (tertiary/aromatic N) is 1. The van der Waals surface area contributed by atoms with Gasteiger partial charge in [-0.25, -0.2) is 0 Å². The highest BCUT2D eigenvalue weighted by Crippen LogP contribution is 2.43. The molecule has 1 nitrogen and oxygen atoms in total. The van der Waals surface area contributed by atoms with Crippen LogP contribution in [0.1, 0.15) is 25.3 Å². The number of para-hydroxylation sites is 1. The standard InChI is InChI=1S/C15H17N/c1-3-16-14-7-5-4-6-12(14)13-10-11(2)8-9-15(13)16/h4-10,13,15H,3H2,1-2H3. The lowest BCUT2D eigenvalue weighted by atomic mass is 9.89. The van der Waals surface area contributed by atoms with Crippen LogP contribution in [0.3, 0.4) is 0 Å². The Hall–Kier alpha value is -1.50. The Morgan fingerprint density at radius 2 is 2.06 bits per heavy atom. The van der Waals surface area contributed by atoms with Crippen molar-refractivity contribution in [3.63, 3.8) is 0 Å². The monoisotopic (exact) mass is 211 g/mol. The van der Waals surface area contributed by atoms with Crippen molar-refractivity contribution < 1.29 is 0 Å². The van der Waals surface area contributed by atoms with E-state index < -0.39 is 0 Å².